The van der Waals surface area contributed by atoms with Gasteiger partial charge in [0.2, 0.25) is 0 Å². The van der Waals surface area contributed by atoms with E-state index in [0.717, 1.165) is 22.7 Å². The van der Waals surface area contributed by atoms with Crippen molar-refractivity contribution in [2.45, 2.75) is 51.6 Å². The van der Waals surface area contributed by atoms with Gasteiger partial charge in [-0.25, -0.2) is 9.78 Å². The highest BCUT2D eigenvalue weighted by Gasteiger charge is 2.28. The molecule has 0 N–H and O–H groups in total. The van der Waals surface area contributed by atoms with Gasteiger partial charge < -0.3 is 14.4 Å². The van der Waals surface area contributed by atoms with Gasteiger partial charge in [-0.2, -0.15) is 0 Å². The van der Waals surface area contributed by atoms with Crippen LogP contribution in [0.4, 0.5) is 4.79 Å². The number of hydrogen-bond acceptors (Lipinski definition) is 6. The lowest BCUT2D eigenvalue weighted by Gasteiger charge is -2.32. The molecular formula is C16H24N2O4S. The minimum atomic E-state index is -0.466. The Morgan fingerprint density at radius 3 is 2.57 bits per heavy atom. The molecule has 1 fully saturated rings. The number of nitrogens with zero attached hydrogens (tertiary/aromatic N) is 2. The summed E-state index contributed by atoms with van der Waals surface area (Å²) in [5.74, 6) is 0.0880. The van der Waals surface area contributed by atoms with Crippen molar-refractivity contribution < 1.29 is 19.1 Å². The Morgan fingerprint density at radius 2 is 2.00 bits per heavy atom. The fourth-order valence-corrected chi connectivity index (χ4v) is 3.51. The average Bonchev–Trinajstić information content (AvgIpc) is 2.94. The van der Waals surface area contributed by atoms with E-state index in [2.05, 4.69) is 9.72 Å². The van der Waals surface area contributed by atoms with E-state index in [9.17, 15) is 9.59 Å². The lowest BCUT2D eigenvalue weighted by Crippen LogP contribution is -2.41. The average molecular weight is 340 g/mol. The molecule has 2 heterocycles. The van der Waals surface area contributed by atoms with Gasteiger partial charge in [-0.05, 0) is 33.6 Å². The number of likely N-dealkylation sites (tertiary alicyclic amines) is 1. The Labute approximate surface area is 140 Å². The molecule has 6 nitrogen and oxygen atoms in total. The van der Waals surface area contributed by atoms with E-state index in [1.165, 1.54) is 7.11 Å². The van der Waals surface area contributed by atoms with Crippen molar-refractivity contribution in [3.8, 4) is 0 Å². The molecule has 0 bridgehead atoms. The number of thiazole rings is 1. The minimum Gasteiger partial charge on any atom is -0.469 e. The molecule has 1 amide bonds. The summed E-state index contributed by atoms with van der Waals surface area (Å²) in [7, 11) is 1.39. The van der Waals surface area contributed by atoms with Crippen LogP contribution in [0.1, 0.15) is 49.4 Å². The van der Waals surface area contributed by atoms with Crippen molar-refractivity contribution in [3.05, 3.63) is 16.1 Å². The van der Waals surface area contributed by atoms with E-state index < -0.39 is 5.60 Å². The van der Waals surface area contributed by atoms with E-state index in [0.29, 0.717) is 19.0 Å². The summed E-state index contributed by atoms with van der Waals surface area (Å²) in [6.07, 6.45) is 3.50. The summed E-state index contributed by atoms with van der Waals surface area (Å²) in [6, 6.07) is 0. The van der Waals surface area contributed by atoms with Crippen LogP contribution in [0.15, 0.2) is 6.20 Å². The van der Waals surface area contributed by atoms with Gasteiger partial charge in [0.1, 0.15) is 5.60 Å². The molecule has 128 valence electrons. The van der Waals surface area contributed by atoms with Crippen LogP contribution in [0.3, 0.4) is 0 Å². The third kappa shape index (κ3) is 5.20. The van der Waals surface area contributed by atoms with Crippen molar-refractivity contribution in [2.75, 3.05) is 20.2 Å². The van der Waals surface area contributed by atoms with Gasteiger partial charge in [0.15, 0.2) is 0 Å². The maximum atomic E-state index is 12.1. The SMILES string of the molecule is COC(=O)Cc1cnc(C2CCN(C(=O)OC(C)(C)C)CC2)s1. The van der Waals surface area contributed by atoms with Crippen molar-refractivity contribution in [3.63, 3.8) is 0 Å². The Bertz CT molecular complexity index is 557. The molecule has 1 aromatic heterocycles. The predicted molar refractivity (Wildman–Crippen MR) is 87.6 cm³/mol. The normalized spacial score (nSPS) is 16.3. The lowest BCUT2D eigenvalue weighted by molar-refractivity contribution is -0.139. The third-order valence-electron chi connectivity index (χ3n) is 3.61. The molecule has 0 aliphatic carbocycles. The van der Waals surface area contributed by atoms with E-state index in [-0.39, 0.29) is 18.5 Å². The second-order valence-electron chi connectivity index (χ2n) is 6.66. The first-order chi connectivity index (χ1) is 10.8. The number of ether oxygens (including phenoxy) is 2. The van der Waals surface area contributed by atoms with E-state index in [4.69, 9.17) is 4.74 Å². The summed E-state index contributed by atoms with van der Waals surface area (Å²) < 4.78 is 10.1. The number of rotatable bonds is 3. The first-order valence-corrected chi connectivity index (χ1v) is 8.59. The van der Waals surface area contributed by atoms with Crippen LogP contribution >= 0.6 is 11.3 Å². The molecule has 0 spiro atoms. The van der Waals surface area contributed by atoms with Gasteiger partial charge in [0, 0.05) is 30.1 Å². The van der Waals surface area contributed by atoms with Crippen LogP contribution < -0.4 is 0 Å². The van der Waals surface area contributed by atoms with Gasteiger partial charge in [0.25, 0.3) is 0 Å². The van der Waals surface area contributed by atoms with Crippen LogP contribution in [0, 0.1) is 0 Å². The molecule has 0 radical (unpaired) electrons. The maximum absolute atomic E-state index is 12.1. The quantitative estimate of drug-likeness (QED) is 0.791. The van der Waals surface area contributed by atoms with Gasteiger partial charge in [-0.1, -0.05) is 0 Å². The molecule has 23 heavy (non-hydrogen) atoms. The molecule has 1 saturated heterocycles. The van der Waals surface area contributed by atoms with Crippen molar-refractivity contribution in [1.82, 2.24) is 9.88 Å². The van der Waals surface area contributed by atoms with Crippen LogP contribution in [0.5, 0.6) is 0 Å². The van der Waals surface area contributed by atoms with Crippen LogP contribution in [0.25, 0.3) is 0 Å². The topological polar surface area (TPSA) is 68.7 Å². The molecule has 0 saturated carbocycles. The van der Waals surface area contributed by atoms with Gasteiger partial charge in [0.05, 0.1) is 18.5 Å². The zero-order valence-corrected chi connectivity index (χ0v) is 14.9. The van der Waals surface area contributed by atoms with Gasteiger partial charge >= 0.3 is 12.1 Å². The summed E-state index contributed by atoms with van der Waals surface area (Å²) in [5, 5.41) is 1.03. The summed E-state index contributed by atoms with van der Waals surface area (Å²) in [6.45, 7) is 6.96. The standard InChI is InChI=1S/C16H24N2O4S/c1-16(2,3)22-15(20)18-7-5-11(6-8-18)14-17-10-12(23-14)9-13(19)21-4/h10-11H,5-9H2,1-4H3. The molecule has 1 aromatic rings. The van der Waals surface area contributed by atoms with Gasteiger partial charge in [-0.15, -0.1) is 11.3 Å². The Balaban J connectivity index is 1.87. The molecule has 7 heteroatoms. The van der Waals surface area contributed by atoms with Crippen molar-refractivity contribution in [1.29, 1.82) is 0 Å². The minimum absolute atomic E-state index is 0.249. The molecule has 0 atom stereocenters. The number of hydrogen-bond donors (Lipinski definition) is 0. The highest BCUT2D eigenvalue weighted by molar-refractivity contribution is 7.11. The van der Waals surface area contributed by atoms with E-state index >= 15 is 0 Å². The fourth-order valence-electron chi connectivity index (χ4n) is 2.44. The number of piperidine rings is 1. The number of carbonyl (C=O) groups excluding carboxylic acids is 2. The highest BCUT2D eigenvalue weighted by Crippen LogP contribution is 2.31. The number of carbonyl (C=O) groups is 2. The Hall–Kier alpha value is -1.63. The van der Waals surface area contributed by atoms with E-state index in [1.807, 2.05) is 20.8 Å². The largest absolute Gasteiger partial charge is 0.469 e. The molecular weight excluding hydrogens is 316 g/mol. The predicted octanol–water partition coefficient (Wildman–Crippen LogP) is 2.97. The molecule has 0 aromatic carbocycles. The monoisotopic (exact) mass is 340 g/mol. The first kappa shape index (κ1) is 17.7. The Morgan fingerprint density at radius 1 is 1.35 bits per heavy atom. The fraction of sp³-hybridized carbons (Fsp3) is 0.688. The number of aromatic nitrogens is 1. The van der Waals surface area contributed by atoms with Crippen LogP contribution in [0.2, 0.25) is 0 Å². The second-order valence-corrected chi connectivity index (χ2v) is 7.81. The summed E-state index contributed by atoms with van der Waals surface area (Å²) in [4.78, 5) is 30.5. The summed E-state index contributed by atoms with van der Waals surface area (Å²) >= 11 is 1.56. The van der Waals surface area contributed by atoms with Crippen LogP contribution in [-0.2, 0) is 20.7 Å². The number of amides is 1. The molecule has 1 aliphatic rings. The van der Waals surface area contributed by atoms with Crippen molar-refractivity contribution in [2.24, 2.45) is 0 Å². The maximum Gasteiger partial charge on any atom is 0.410 e. The third-order valence-corrected chi connectivity index (χ3v) is 4.77. The smallest absolute Gasteiger partial charge is 0.410 e. The van der Waals surface area contributed by atoms with E-state index in [1.54, 1.807) is 22.4 Å². The van der Waals surface area contributed by atoms with Crippen LogP contribution in [-0.4, -0.2) is 47.7 Å². The number of methoxy groups -OCH3 is 1. The molecule has 1 aliphatic heterocycles. The Kier molecular flexibility index (Phi) is 5.62. The molecule has 0 unspecified atom stereocenters. The first-order valence-electron chi connectivity index (χ1n) is 7.78. The number of esters is 1. The summed E-state index contributed by atoms with van der Waals surface area (Å²) in [5.41, 5.74) is -0.466. The second kappa shape index (κ2) is 7.29. The zero-order valence-electron chi connectivity index (χ0n) is 14.1. The van der Waals surface area contributed by atoms with Gasteiger partial charge in [-0.3, -0.25) is 4.79 Å². The molecule has 2 rings (SSSR count). The zero-order chi connectivity index (χ0) is 17.0. The highest BCUT2D eigenvalue weighted by atomic mass is 32.1. The lowest BCUT2D eigenvalue weighted by atomic mass is 9.98. The van der Waals surface area contributed by atoms with Crippen molar-refractivity contribution >= 4 is 23.4 Å².